The predicted molar refractivity (Wildman–Crippen MR) is 84.1 cm³/mol. The van der Waals surface area contributed by atoms with Gasteiger partial charge in [0.25, 0.3) is 0 Å². The number of nitrogens with one attached hydrogen (secondary N) is 1. The molecule has 0 aliphatic rings. The molecule has 110 valence electrons. The molecule has 2 N–H and O–H groups in total. The van der Waals surface area contributed by atoms with E-state index < -0.39 is 0 Å². The van der Waals surface area contributed by atoms with Crippen LogP contribution in [0.25, 0.3) is 0 Å². The van der Waals surface area contributed by atoms with Gasteiger partial charge >= 0.3 is 0 Å². The second kappa shape index (κ2) is 6.54. The van der Waals surface area contributed by atoms with E-state index in [0.29, 0.717) is 10.6 Å². The van der Waals surface area contributed by atoms with Gasteiger partial charge in [0.05, 0.1) is 10.6 Å². The first-order valence-corrected chi connectivity index (χ1v) is 7.46. The summed E-state index contributed by atoms with van der Waals surface area (Å²) >= 11 is 1.43. The largest absolute Gasteiger partial charge is 0.506 e. The van der Waals surface area contributed by atoms with Crippen molar-refractivity contribution in [3.05, 3.63) is 45.6 Å². The van der Waals surface area contributed by atoms with Gasteiger partial charge in [0.2, 0.25) is 5.91 Å². The van der Waals surface area contributed by atoms with Gasteiger partial charge in [-0.25, -0.2) is 0 Å². The molecule has 0 saturated heterocycles. The van der Waals surface area contributed by atoms with E-state index in [0.717, 1.165) is 10.4 Å². The summed E-state index contributed by atoms with van der Waals surface area (Å²) in [6.07, 6.45) is 0.265. The highest BCUT2D eigenvalue weighted by Crippen LogP contribution is 2.24. The van der Waals surface area contributed by atoms with Crippen LogP contribution in [0, 0.1) is 13.8 Å². The Kier molecular flexibility index (Phi) is 4.75. The van der Waals surface area contributed by atoms with Crippen LogP contribution in [-0.2, 0) is 4.79 Å². The Labute approximate surface area is 127 Å². The summed E-state index contributed by atoms with van der Waals surface area (Å²) in [5, 5.41) is 12.3. The summed E-state index contributed by atoms with van der Waals surface area (Å²) in [6, 6.07) is 8.70. The zero-order valence-electron chi connectivity index (χ0n) is 12.0. The topological polar surface area (TPSA) is 66.4 Å². The lowest BCUT2D eigenvalue weighted by atomic mass is 10.1. The zero-order valence-corrected chi connectivity index (χ0v) is 12.8. The lowest BCUT2D eigenvalue weighted by Gasteiger charge is -2.07. The number of aryl methyl sites for hydroxylation is 2. The van der Waals surface area contributed by atoms with Crippen molar-refractivity contribution in [2.24, 2.45) is 0 Å². The maximum absolute atomic E-state index is 11.9. The number of phenolic OH excluding ortho intramolecular Hbond substituents is 1. The molecule has 21 heavy (non-hydrogen) atoms. The highest BCUT2D eigenvalue weighted by molar-refractivity contribution is 7.14. The van der Waals surface area contributed by atoms with Crippen molar-refractivity contribution in [2.45, 2.75) is 26.7 Å². The maximum atomic E-state index is 11.9. The minimum atomic E-state index is -0.282. The Balaban J connectivity index is 1.89. The normalized spacial score (nSPS) is 10.4. The van der Waals surface area contributed by atoms with Crippen molar-refractivity contribution in [3.63, 3.8) is 0 Å². The standard InChI is InChI=1S/C16H17NO3S/c1-10-3-5-12(14(19)9-10)17-16(20)8-6-13(18)15-7-4-11(2)21-15/h3-5,7,9,19H,6,8H2,1-2H3,(H,17,20). The molecule has 5 heteroatoms. The summed E-state index contributed by atoms with van der Waals surface area (Å²) in [5.74, 6) is -0.282. The molecule has 0 atom stereocenters. The number of thiophene rings is 1. The summed E-state index contributed by atoms with van der Waals surface area (Å²) in [7, 11) is 0. The molecule has 0 radical (unpaired) electrons. The van der Waals surface area contributed by atoms with Crippen LogP contribution in [0.1, 0.15) is 33.0 Å². The molecule has 0 saturated carbocycles. The van der Waals surface area contributed by atoms with Crippen LogP contribution in [0.15, 0.2) is 30.3 Å². The van der Waals surface area contributed by atoms with Crippen LogP contribution in [-0.4, -0.2) is 16.8 Å². The van der Waals surface area contributed by atoms with Crippen LogP contribution in [0.4, 0.5) is 5.69 Å². The molecular formula is C16H17NO3S. The number of phenols is 1. The van der Waals surface area contributed by atoms with Crippen LogP contribution in [0.2, 0.25) is 0 Å². The van der Waals surface area contributed by atoms with E-state index in [1.807, 2.05) is 19.9 Å². The Morgan fingerprint density at radius 1 is 1.14 bits per heavy atom. The molecule has 0 fully saturated rings. The van der Waals surface area contributed by atoms with Crippen LogP contribution in [0.5, 0.6) is 5.75 Å². The fourth-order valence-electron chi connectivity index (χ4n) is 1.89. The van der Waals surface area contributed by atoms with E-state index in [2.05, 4.69) is 5.32 Å². The summed E-state index contributed by atoms with van der Waals surface area (Å²) in [4.78, 5) is 25.5. The Hall–Kier alpha value is -2.14. The Bertz CT molecular complexity index is 676. The van der Waals surface area contributed by atoms with Gasteiger partial charge in [0.1, 0.15) is 5.75 Å². The number of amides is 1. The molecule has 1 aromatic heterocycles. The van der Waals surface area contributed by atoms with Gasteiger partial charge in [0, 0.05) is 17.7 Å². The Morgan fingerprint density at radius 3 is 2.52 bits per heavy atom. The maximum Gasteiger partial charge on any atom is 0.224 e. The third-order valence-corrected chi connectivity index (χ3v) is 4.06. The number of carbonyl (C=O) groups excluding carboxylic acids is 2. The third-order valence-electron chi connectivity index (χ3n) is 3.02. The van der Waals surface area contributed by atoms with E-state index in [1.165, 1.54) is 11.3 Å². The lowest BCUT2D eigenvalue weighted by Crippen LogP contribution is -2.13. The quantitative estimate of drug-likeness (QED) is 0.654. The third kappa shape index (κ3) is 4.16. The monoisotopic (exact) mass is 303 g/mol. The molecule has 0 unspecified atom stereocenters. The van der Waals surface area contributed by atoms with Gasteiger partial charge < -0.3 is 10.4 Å². The van der Waals surface area contributed by atoms with Gasteiger partial charge in [-0.1, -0.05) is 6.07 Å². The van der Waals surface area contributed by atoms with E-state index in [1.54, 1.807) is 24.3 Å². The molecule has 0 spiro atoms. The first-order valence-electron chi connectivity index (χ1n) is 6.65. The molecular weight excluding hydrogens is 286 g/mol. The van der Waals surface area contributed by atoms with Crippen LogP contribution < -0.4 is 5.32 Å². The number of Topliss-reactive ketones (excluding diaryl/α,β-unsaturated/α-hetero) is 1. The molecule has 2 rings (SSSR count). The van der Waals surface area contributed by atoms with Gasteiger partial charge in [-0.2, -0.15) is 0 Å². The number of aromatic hydroxyl groups is 1. The first-order chi connectivity index (χ1) is 9.95. The fraction of sp³-hybridized carbons (Fsp3) is 0.250. The second-order valence-electron chi connectivity index (χ2n) is 4.90. The van der Waals surface area contributed by atoms with Crippen molar-refractivity contribution in [2.75, 3.05) is 5.32 Å². The van der Waals surface area contributed by atoms with E-state index >= 15 is 0 Å². The van der Waals surface area contributed by atoms with E-state index in [-0.39, 0.29) is 30.3 Å². The number of rotatable bonds is 5. The smallest absolute Gasteiger partial charge is 0.224 e. The number of carbonyl (C=O) groups is 2. The van der Waals surface area contributed by atoms with E-state index in [9.17, 15) is 14.7 Å². The van der Waals surface area contributed by atoms with Gasteiger partial charge in [-0.05, 0) is 43.7 Å². The van der Waals surface area contributed by atoms with Gasteiger partial charge in [0.15, 0.2) is 5.78 Å². The highest BCUT2D eigenvalue weighted by atomic mass is 32.1. The molecule has 0 aliphatic carbocycles. The SMILES string of the molecule is Cc1ccc(NC(=O)CCC(=O)c2ccc(C)s2)c(O)c1. The van der Waals surface area contributed by atoms with Crippen molar-refractivity contribution in [3.8, 4) is 5.75 Å². The minimum absolute atomic E-state index is 0.0311. The van der Waals surface area contributed by atoms with Crippen molar-refractivity contribution in [1.29, 1.82) is 0 Å². The summed E-state index contributed by atoms with van der Waals surface area (Å²) in [6.45, 7) is 3.79. The number of hydrogen-bond donors (Lipinski definition) is 2. The number of anilines is 1. The molecule has 4 nitrogen and oxygen atoms in total. The first kappa shape index (κ1) is 15.3. The molecule has 2 aromatic rings. The van der Waals surface area contributed by atoms with Crippen molar-refractivity contribution >= 4 is 28.7 Å². The summed E-state index contributed by atoms with van der Waals surface area (Å²) in [5.41, 5.74) is 1.28. The van der Waals surface area contributed by atoms with Crippen LogP contribution >= 0.6 is 11.3 Å². The second-order valence-corrected chi connectivity index (χ2v) is 6.19. The number of benzene rings is 1. The van der Waals surface area contributed by atoms with Crippen molar-refractivity contribution in [1.82, 2.24) is 0 Å². The number of ketones is 1. The molecule has 0 aliphatic heterocycles. The van der Waals surface area contributed by atoms with Crippen molar-refractivity contribution < 1.29 is 14.7 Å². The highest BCUT2D eigenvalue weighted by Gasteiger charge is 2.12. The van der Waals surface area contributed by atoms with Gasteiger partial charge in [-0.3, -0.25) is 9.59 Å². The number of hydrogen-bond acceptors (Lipinski definition) is 4. The average molecular weight is 303 g/mol. The fourth-order valence-corrected chi connectivity index (χ4v) is 2.73. The minimum Gasteiger partial charge on any atom is -0.506 e. The van der Waals surface area contributed by atoms with Crippen LogP contribution in [0.3, 0.4) is 0 Å². The summed E-state index contributed by atoms with van der Waals surface area (Å²) < 4.78 is 0. The lowest BCUT2D eigenvalue weighted by molar-refractivity contribution is -0.116. The molecule has 1 heterocycles. The van der Waals surface area contributed by atoms with Gasteiger partial charge in [-0.15, -0.1) is 11.3 Å². The molecule has 1 aromatic carbocycles. The molecule has 1 amide bonds. The Morgan fingerprint density at radius 2 is 1.90 bits per heavy atom. The molecule has 0 bridgehead atoms. The zero-order chi connectivity index (χ0) is 15.4. The van der Waals surface area contributed by atoms with E-state index in [4.69, 9.17) is 0 Å². The predicted octanol–water partition coefficient (Wildman–Crippen LogP) is 3.67. The average Bonchev–Trinajstić information content (AvgIpc) is 2.86.